The van der Waals surface area contributed by atoms with Gasteiger partial charge in [0.2, 0.25) is 0 Å². The van der Waals surface area contributed by atoms with Crippen LogP contribution in [-0.2, 0) is 29.8 Å². The van der Waals surface area contributed by atoms with Crippen molar-refractivity contribution in [3.05, 3.63) is 89.0 Å². The molecule has 0 radical (unpaired) electrons. The number of phosphoric acid groups is 1. The molecule has 1 heterocycles. The van der Waals surface area contributed by atoms with Gasteiger partial charge in [0.1, 0.15) is 12.8 Å². The number of halogens is 2. The summed E-state index contributed by atoms with van der Waals surface area (Å²) < 4.78 is 63.2. The summed E-state index contributed by atoms with van der Waals surface area (Å²) in [4.78, 5) is 33.2. The van der Waals surface area contributed by atoms with Gasteiger partial charge in [0, 0.05) is 34.0 Å². The highest BCUT2D eigenvalue weighted by Crippen LogP contribution is 2.72. The minimum absolute atomic E-state index is 0.0741. The summed E-state index contributed by atoms with van der Waals surface area (Å²) in [7, 11) is -5.08. The molecule has 276 valence electrons. The van der Waals surface area contributed by atoms with E-state index in [9.17, 15) is 29.4 Å². The molecule has 7 rings (SSSR count). The number of benzene rings is 2. The quantitative estimate of drug-likeness (QED) is 0.162. The minimum atomic E-state index is -5.08. The van der Waals surface area contributed by atoms with E-state index in [1.807, 2.05) is 42.5 Å². The number of ether oxygens (including phenoxy) is 2. The highest BCUT2D eigenvalue weighted by Gasteiger charge is 2.80. The third-order valence-corrected chi connectivity index (χ3v) is 12.8. The Balaban J connectivity index is 1.20. The Morgan fingerprint density at radius 2 is 1.80 bits per heavy atom. The summed E-state index contributed by atoms with van der Waals surface area (Å²) in [6.45, 7) is 6.35. The summed E-state index contributed by atoms with van der Waals surface area (Å²) in [5.74, 6) is -2.62. The average Bonchev–Trinajstić information content (AvgIpc) is 3.55. The van der Waals surface area contributed by atoms with Gasteiger partial charge in [-0.3, -0.25) is 9.32 Å². The number of allylic oxidation sites excluding steroid dienone is 2. The third-order valence-electron chi connectivity index (χ3n) is 12.3. The molecule has 2 aromatic carbocycles. The van der Waals surface area contributed by atoms with Crippen molar-refractivity contribution in [3.63, 3.8) is 0 Å². The third kappa shape index (κ3) is 5.78. The number of alkyl halides is 2. The standard InChI is InChI=1S/C38H46F2NO9P/c1-21(2)41-25-7-5-6-23(15-25)14-22-8-10-24(11-9-22)34-49-33-18-27-28-17-30(39)29-16-26(42)12-13-35(29,3)37(28,40)31(43)19-36(27,4)38(33,50-34)32(44)20-48-51(45,46)47/h5-13,15-16,21,26-28,30-31,33-34,41-43H,14,17-20H2,1-4H3,(H2,45,46,47)/t26?,27-,28-,30-,31-,33+,34+,35-,36-,37-,38+/m0/s1. The van der Waals surface area contributed by atoms with E-state index < -0.39 is 84.9 Å². The average molecular weight is 730 g/mol. The van der Waals surface area contributed by atoms with Gasteiger partial charge in [-0.2, -0.15) is 0 Å². The first-order chi connectivity index (χ1) is 23.9. The molecule has 3 saturated carbocycles. The lowest BCUT2D eigenvalue weighted by atomic mass is 9.44. The highest BCUT2D eigenvalue weighted by molar-refractivity contribution is 7.46. The van der Waals surface area contributed by atoms with Crippen molar-refractivity contribution in [2.75, 3.05) is 11.9 Å². The van der Waals surface area contributed by atoms with Gasteiger partial charge in [-0.1, -0.05) is 55.5 Å². The molecule has 10 nitrogen and oxygen atoms in total. The molecule has 5 aliphatic rings. The van der Waals surface area contributed by atoms with Crippen molar-refractivity contribution in [3.8, 4) is 0 Å². The van der Waals surface area contributed by atoms with Gasteiger partial charge < -0.3 is 34.8 Å². The summed E-state index contributed by atoms with van der Waals surface area (Å²) in [6, 6.07) is 16.0. The Morgan fingerprint density at radius 1 is 1.08 bits per heavy atom. The number of hydrogen-bond acceptors (Lipinski definition) is 8. The van der Waals surface area contributed by atoms with Crippen molar-refractivity contribution in [2.24, 2.45) is 22.7 Å². The highest BCUT2D eigenvalue weighted by atomic mass is 31.2. The predicted octanol–water partition coefficient (Wildman–Crippen LogP) is 5.65. The van der Waals surface area contributed by atoms with Gasteiger partial charge in [0.25, 0.3) is 0 Å². The first kappa shape index (κ1) is 36.6. The number of aliphatic hydroxyl groups is 2. The first-order valence-electron chi connectivity index (χ1n) is 17.5. The number of carbonyl (C=O) groups excluding carboxylic acids is 1. The molecule has 0 spiro atoms. The van der Waals surface area contributed by atoms with Crippen molar-refractivity contribution < 1.29 is 52.1 Å². The first-order valence-corrected chi connectivity index (χ1v) is 19.1. The number of anilines is 1. The molecule has 0 aromatic heterocycles. The maximum absolute atomic E-state index is 17.8. The van der Waals surface area contributed by atoms with Crippen molar-refractivity contribution >= 4 is 19.3 Å². The number of phosphoric ester groups is 1. The topological polar surface area (TPSA) is 155 Å². The minimum Gasteiger partial charge on any atom is -0.390 e. The number of nitrogens with one attached hydrogen (secondary N) is 1. The van der Waals surface area contributed by atoms with Crippen LogP contribution in [0.3, 0.4) is 0 Å². The molecule has 1 saturated heterocycles. The SMILES string of the molecule is CC(C)Nc1cccc(Cc2ccc([C@@H]3O[C@@H]4C[C@H]5[C@@H]6C[C@H](F)C7=CC(O)C=C[C@]7(C)[C@@]6(F)[C@@H](O)C[C@]5(C)[C@]4(C(=O)COP(=O)(O)O)O3)cc2)c1. The predicted molar refractivity (Wildman–Crippen MR) is 184 cm³/mol. The van der Waals surface area contributed by atoms with Crippen LogP contribution in [0.15, 0.2) is 72.3 Å². The normalized spacial score (nSPS) is 39.9. The number of ketones is 1. The largest absolute Gasteiger partial charge is 0.470 e. The molecule has 4 fully saturated rings. The van der Waals surface area contributed by atoms with Crippen molar-refractivity contribution in [2.45, 2.75) is 101 Å². The van der Waals surface area contributed by atoms with E-state index in [-0.39, 0.29) is 24.8 Å². The monoisotopic (exact) mass is 729 g/mol. The summed E-state index contributed by atoms with van der Waals surface area (Å²) in [5.41, 5.74) is -3.33. The van der Waals surface area contributed by atoms with Crippen LogP contribution in [0.5, 0.6) is 0 Å². The van der Waals surface area contributed by atoms with E-state index in [1.165, 1.54) is 25.2 Å². The van der Waals surface area contributed by atoms with Crippen LogP contribution in [-0.4, -0.2) is 74.2 Å². The summed E-state index contributed by atoms with van der Waals surface area (Å²) >= 11 is 0. The second-order valence-corrected chi connectivity index (χ2v) is 16.9. The van der Waals surface area contributed by atoms with Gasteiger partial charge in [0.05, 0.1) is 18.3 Å². The second kappa shape index (κ2) is 12.7. The van der Waals surface area contributed by atoms with Gasteiger partial charge in [-0.05, 0) is 87.3 Å². The summed E-state index contributed by atoms with van der Waals surface area (Å²) in [5, 5.41) is 25.4. The van der Waals surface area contributed by atoms with E-state index in [1.54, 1.807) is 6.92 Å². The second-order valence-electron chi connectivity index (χ2n) is 15.6. The van der Waals surface area contributed by atoms with Crippen LogP contribution in [0.25, 0.3) is 0 Å². The smallest absolute Gasteiger partial charge is 0.390 e. The lowest BCUT2D eigenvalue weighted by Crippen LogP contribution is -2.70. The zero-order chi connectivity index (χ0) is 36.7. The van der Waals surface area contributed by atoms with Crippen LogP contribution in [0, 0.1) is 22.7 Å². The molecule has 0 amide bonds. The lowest BCUT2D eigenvalue weighted by Gasteiger charge is -2.63. The molecule has 5 N–H and O–H groups in total. The van der Waals surface area contributed by atoms with E-state index in [2.05, 4.69) is 29.8 Å². The van der Waals surface area contributed by atoms with Crippen LogP contribution >= 0.6 is 7.82 Å². The fourth-order valence-corrected chi connectivity index (χ4v) is 10.4. The number of Topliss-reactive ketones (excluding diaryl/α,β-unsaturated/α-hetero) is 1. The fraction of sp³-hybridized carbons (Fsp3) is 0.553. The zero-order valence-electron chi connectivity index (χ0n) is 29.0. The Kier molecular flexibility index (Phi) is 9.08. The van der Waals surface area contributed by atoms with Crippen LogP contribution in [0.2, 0.25) is 0 Å². The molecule has 11 atom stereocenters. The van der Waals surface area contributed by atoms with E-state index in [4.69, 9.17) is 9.47 Å². The van der Waals surface area contributed by atoms with Crippen molar-refractivity contribution in [1.82, 2.24) is 0 Å². The summed E-state index contributed by atoms with van der Waals surface area (Å²) in [6.07, 6.45) is -2.18. The number of carbonyl (C=O) groups is 1. The van der Waals surface area contributed by atoms with Gasteiger partial charge in [0.15, 0.2) is 23.3 Å². The number of fused-ring (bicyclic) bond motifs is 7. The molecule has 1 aliphatic heterocycles. The van der Waals surface area contributed by atoms with E-state index in [0.29, 0.717) is 18.0 Å². The molecule has 2 aromatic rings. The fourth-order valence-electron chi connectivity index (χ4n) is 10.1. The molecule has 51 heavy (non-hydrogen) atoms. The van der Waals surface area contributed by atoms with Crippen LogP contribution in [0.1, 0.15) is 69.9 Å². The Hall–Kier alpha value is -2.80. The number of rotatable bonds is 9. The zero-order valence-corrected chi connectivity index (χ0v) is 29.9. The maximum Gasteiger partial charge on any atom is 0.470 e. The molecule has 4 aliphatic carbocycles. The Bertz CT molecular complexity index is 1800. The van der Waals surface area contributed by atoms with Gasteiger partial charge >= 0.3 is 7.82 Å². The molecular weight excluding hydrogens is 683 g/mol. The van der Waals surface area contributed by atoms with Gasteiger partial charge in [-0.25, -0.2) is 13.3 Å². The molecule has 0 bridgehead atoms. The Morgan fingerprint density at radius 3 is 2.49 bits per heavy atom. The van der Waals surface area contributed by atoms with Crippen LogP contribution in [0.4, 0.5) is 14.5 Å². The van der Waals surface area contributed by atoms with Gasteiger partial charge in [-0.15, -0.1) is 0 Å². The lowest BCUT2D eigenvalue weighted by molar-refractivity contribution is -0.235. The molecular formula is C38H46F2NO9P. The Labute approximate surface area is 296 Å². The number of hydrogen-bond donors (Lipinski definition) is 5. The van der Waals surface area contributed by atoms with E-state index in [0.717, 1.165) is 16.8 Å². The van der Waals surface area contributed by atoms with Crippen LogP contribution < -0.4 is 5.32 Å². The van der Waals surface area contributed by atoms with E-state index >= 15 is 8.78 Å². The molecule has 13 heteroatoms. The molecule has 1 unspecified atom stereocenters. The van der Waals surface area contributed by atoms with Crippen molar-refractivity contribution in [1.29, 1.82) is 0 Å². The maximum atomic E-state index is 17.8. The number of aliphatic hydroxyl groups excluding tert-OH is 2.